The molecule has 0 spiro atoms. The molecule has 0 amide bonds. The number of aryl methyl sites for hydroxylation is 1. The van der Waals surface area contributed by atoms with E-state index in [2.05, 4.69) is 4.98 Å². The molecule has 0 saturated heterocycles. The molecule has 0 saturated carbocycles. The highest BCUT2D eigenvalue weighted by Crippen LogP contribution is 2.22. The third-order valence-corrected chi connectivity index (χ3v) is 2.42. The highest BCUT2D eigenvalue weighted by atomic mass is 19.1. The van der Waals surface area contributed by atoms with Gasteiger partial charge >= 0.3 is 5.97 Å². The van der Waals surface area contributed by atoms with Crippen molar-refractivity contribution >= 4 is 16.9 Å². The summed E-state index contributed by atoms with van der Waals surface area (Å²) in [7, 11) is 0. The highest BCUT2D eigenvalue weighted by molar-refractivity contribution is 5.83. The zero-order valence-corrected chi connectivity index (χ0v) is 9.00. The Hall–Kier alpha value is -2.04. The minimum absolute atomic E-state index is 0.00245. The zero-order valence-electron chi connectivity index (χ0n) is 9.00. The van der Waals surface area contributed by atoms with Crippen LogP contribution in [0.5, 0.6) is 0 Å². The van der Waals surface area contributed by atoms with E-state index in [1.165, 1.54) is 12.1 Å². The predicted molar refractivity (Wildman–Crippen MR) is 57.7 cm³/mol. The molecular weight excluding hydrogens is 228 g/mol. The first kappa shape index (κ1) is 11.4. The SMILES string of the molecule is Cc1cc(CC(=O)O)nc2c(F)cc(F)cc12. The molecule has 5 heteroatoms. The Morgan fingerprint density at radius 3 is 2.71 bits per heavy atom. The summed E-state index contributed by atoms with van der Waals surface area (Å²) in [5, 5.41) is 9.01. The molecule has 0 aliphatic heterocycles. The molecule has 0 aliphatic rings. The number of carbonyl (C=O) groups is 1. The lowest BCUT2D eigenvalue weighted by Crippen LogP contribution is -2.04. The summed E-state index contributed by atoms with van der Waals surface area (Å²) in [4.78, 5) is 14.5. The van der Waals surface area contributed by atoms with Gasteiger partial charge in [0.15, 0.2) is 5.82 Å². The normalized spacial score (nSPS) is 10.8. The van der Waals surface area contributed by atoms with Crippen LogP contribution in [0.2, 0.25) is 0 Å². The molecule has 1 aromatic carbocycles. The minimum Gasteiger partial charge on any atom is -0.481 e. The maximum atomic E-state index is 13.5. The summed E-state index contributed by atoms with van der Waals surface area (Å²) in [5.41, 5.74) is 0.861. The topological polar surface area (TPSA) is 50.2 Å². The molecule has 2 aromatic rings. The van der Waals surface area contributed by atoms with Crippen LogP contribution in [-0.4, -0.2) is 16.1 Å². The number of halogens is 2. The van der Waals surface area contributed by atoms with Gasteiger partial charge in [0.1, 0.15) is 11.3 Å². The Bertz CT molecular complexity index is 611. The van der Waals surface area contributed by atoms with Crippen molar-refractivity contribution in [3.8, 4) is 0 Å². The average molecular weight is 237 g/mol. The van der Waals surface area contributed by atoms with Crippen molar-refractivity contribution in [1.82, 2.24) is 4.98 Å². The number of aromatic nitrogens is 1. The molecule has 17 heavy (non-hydrogen) atoms. The summed E-state index contributed by atoms with van der Waals surface area (Å²) in [6, 6.07) is 3.44. The van der Waals surface area contributed by atoms with Crippen LogP contribution in [0.4, 0.5) is 8.78 Å². The van der Waals surface area contributed by atoms with Crippen LogP contribution in [0.25, 0.3) is 10.9 Å². The van der Waals surface area contributed by atoms with Gasteiger partial charge in [0.2, 0.25) is 0 Å². The van der Waals surface area contributed by atoms with Gasteiger partial charge in [-0.2, -0.15) is 0 Å². The van der Waals surface area contributed by atoms with Gasteiger partial charge in [-0.3, -0.25) is 4.79 Å². The highest BCUT2D eigenvalue weighted by Gasteiger charge is 2.11. The van der Waals surface area contributed by atoms with E-state index in [9.17, 15) is 13.6 Å². The monoisotopic (exact) mass is 237 g/mol. The molecule has 2 rings (SSSR count). The molecule has 1 N–H and O–H groups in total. The van der Waals surface area contributed by atoms with Gasteiger partial charge in [-0.1, -0.05) is 0 Å². The van der Waals surface area contributed by atoms with Crippen LogP contribution in [-0.2, 0) is 11.2 Å². The van der Waals surface area contributed by atoms with Crippen molar-refractivity contribution in [2.75, 3.05) is 0 Å². The van der Waals surface area contributed by atoms with Gasteiger partial charge in [0.25, 0.3) is 0 Å². The van der Waals surface area contributed by atoms with E-state index in [4.69, 9.17) is 5.11 Å². The van der Waals surface area contributed by atoms with Crippen molar-refractivity contribution in [1.29, 1.82) is 0 Å². The van der Waals surface area contributed by atoms with Crippen molar-refractivity contribution in [2.45, 2.75) is 13.3 Å². The number of hydrogen-bond acceptors (Lipinski definition) is 2. The summed E-state index contributed by atoms with van der Waals surface area (Å²) < 4.78 is 26.5. The number of pyridine rings is 1. The maximum Gasteiger partial charge on any atom is 0.309 e. The van der Waals surface area contributed by atoms with Crippen molar-refractivity contribution in [2.24, 2.45) is 0 Å². The fourth-order valence-corrected chi connectivity index (χ4v) is 1.73. The fraction of sp³-hybridized carbons (Fsp3) is 0.167. The van der Waals surface area contributed by atoms with Gasteiger partial charge < -0.3 is 5.11 Å². The van der Waals surface area contributed by atoms with E-state index >= 15 is 0 Å². The molecule has 88 valence electrons. The molecular formula is C12H9F2NO2. The van der Waals surface area contributed by atoms with Gasteiger partial charge in [0, 0.05) is 11.5 Å². The quantitative estimate of drug-likeness (QED) is 0.872. The molecule has 0 aliphatic carbocycles. The molecule has 0 atom stereocenters. The molecule has 0 bridgehead atoms. The number of benzene rings is 1. The van der Waals surface area contributed by atoms with E-state index in [-0.39, 0.29) is 17.6 Å². The van der Waals surface area contributed by atoms with Gasteiger partial charge in [0.05, 0.1) is 12.1 Å². The van der Waals surface area contributed by atoms with Crippen LogP contribution in [0.3, 0.4) is 0 Å². The maximum absolute atomic E-state index is 13.5. The van der Waals surface area contributed by atoms with Crippen molar-refractivity contribution in [3.63, 3.8) is 0 Å². The van der Waals surface area contributed by atoms with Crippen molar-refractivity contribution < 1.29 is 18.7 Å². The lowest BCUT2D eigenvalue weighted by atomic mass is 10.1. The summed E-state index contributed by atoms with van der Waals surface area (Å²) >= 11 is 0. The van der Waals surface area contributed by atoms with Crippen LogP contribution in [0.15, 0.2) is 18.2 Å². The third-order valence-electron chi connectivity index (χ3n) is 2.42. The standard InChI is InChI=1S/C12H9F2NO2/c1-6-2-8(5-11(16)17)15-12-9(6)3-7(13)4-10(12)14/h2-4H,5H2,1H3,(H,16,17). The second-order valence-corrected chi connectivity index (χ2v) is 3.78. The second-order valence-electron chi connectivity index (χ2n) is 3.78. The molecule has 0 radical (unpaired) electrons. The first-order valence-corrected chi connectivity index (χ1v) is 4.94. The number of nitrogens with zero attached hydrogens (tertiary/aromatic N) is 1. The first-order valence-electron chi connectivity index (χ1n) is 4.94. The Balaban J connectivity index is 2.68. The van der Waals surface area contributed by atoms with Crippen molar-refractivity contribution in [3.05, 3.63) is 41.1 Å². The van der Waals surface area contributed by atoms with E-state index in [0.29, 0.717) is 10.9 Å². The largest absolute Gasteiger partial charge is 0.481 e. The Labute approximate surface area is 95.7 Å². The summed E-state index contributed by atoms with van der Waals surface area (Å²) in [5.74, 6) is -2.50. The molecule has 0 fully saturated rings. The van der Waals surface area contributed by atoms with E-state index in [0.717, 1.165) is 6.07 Å². The van der Waals surface area contributed by atoms with Gasteiger partial charge in [-0.05, 0) is 24.6 Å². The number of carboxylic acids is 1. The smallest absolute Gasteiger partial charge is 0.309 e. The zero-order chi connectivity index (χ0) is 12.6. The third kappa shape index (κ3) is 2.22. The predicted octanol–water partition coefficient (Wildman–Crippen LogP) is 2.45. The van der Waals surface area contributed by atoms with E-state index in [1.54, 1.807) is 6.92 Å². The van der Waals surface area contributed by atoms with Crippen LogP contribution < -0.4 is 0 Å². The number of hydrogen-bond donors (Lipinski definition) is 1. The molecule has 0 unspecified atom stereocenters. The van der Waals surface area contributed by atoms with Gasteiger partial charge in [-0.15, -0.1) is 0 Å². The second kappa shape index (κ2) is 4.08. The van der Waals surface area contributed by atoms with Crippen LogP contribution in [0.1, 0.15) is 11.3 Å². The summed E-state index contributed by atoms with van der Waals surface area (Å²) in [6.45, 7) is 1.66. The summed E-state index contributed by atoms with van der Waals surface area (Å²) in [6.07, 6.45) is -0.284. The lowest BCUT2D eigenvalue weighted by Gasteiger charge is -2.06. The number of carboxylic acid groups (broad SMARTS) is 1. The lowest BCUT2D eigenvalue weighted by molar-refractivity contribution is -0.136. The van der Waals surface area contributed by atoms with E-state index in [1.807, 2.05) is 0 Å². The fourth-order valence-electron chi connectivity index (χ4n) is 1.73. The number of fused-ring (bicyclic) bond motifs is 1. The first-order chi connectivity index (χ1) is 7.97. The number of rotatable bonds is 2. The molecule has 1 heterocycles. The molecule has 1 aromatic heterocycles. The minimum atomic E-state index is -1.04. The Morgan fingerprint density at radius 2 is 2.06 bits per heavy atom. The Morgan fingerprint density at radius 1 is 1.35 bits per heavy atom. The van der Waals surface area contributed by atoms with Gasteiger partial charge in [-0.25, -0.2) is 13.8 Å². The van der Waals surface area contributed by atoms with Crippen LogP contribution in [0, 0.1) is 18.6 Å². The van der Waals surface area contributed by atoms with Crippen LogP contribution >= 0.6 is 0 Å². The number of aliphatic carboxylic acids is 1. The molecule has 3 nitrogen and oxygen atoms in total. The Kier molecular flexibility index (Phi) is 2.75. The van der Waals surface area contributed by atoms with E-state index < -0.39 is 17.6 Å². The average Bonchev–Trinajstić information content (AvgIpc) is 2.19.